The van der Waals surface area contributed by atoms with Crippen LogP contribution in [-0.4, -0.2) is 73.3 Å². The SMILES string of the molecule is COCc1cn([C@@H]2C[C@@H]3CN(C(=O)c4cccc(N(C)C)c4)C[C@@H]3C[C@H]2OC)nn1. The minimum absolute atomic E-state index is 0.0652. The molecule has 1 aliphatic heterocycles. The van der Waals surface area contributed by atoms with Crippen molar-refractivity contribution in [3.8, 4) is 0 Å². The molecule has 1 saturated carbocycles. The molecule has 8 heteroatoms. The average molecular weight is 414 g/mol. The summed E-state index contributed by atoms with van der Waals surface area (Å²) in [7, 11) is 7.39. The van der Waals surface area contributed by atoms with Gasteiger partial charge in [0.1, 0.15) is 5.69 Å². The number of benzene rings is 1. The van der Waals surface area contributed by atoms with Crippen LogP contribution in [0.2, 0.25) is 0 Å². The van der Waals surface area contributed by atoms with E-state index in [1.165, 1.54) is 0 Å². The summed E-state index contributed by atoms with van der Waals surface area (Å²) in [4.78, 5) is 17.2. The third-order valence-electron chi connectivity index (χ3n) is 6.47. The maximum atomic E-state index is 13.2. The second-order valence-corrected chi connectivity index (χ2v) is 8.61. The van der Waals surface area contributed by atoms with Crippen molar-refractivity contribution in [1.29, 1.82) is 0 Å². The number of methoxy groups -OCH3 is 2. The van der Waals surface area contributed by atoms with Gasteiger partial charge < -0.3 is 19.3 Å². The van der Waals surface area contributed by atoms with Crippen LogP contribution < -0.4 is 4.90 Å². The highest BCUT2D eigenvalue weighted by atomic mass is 16.5. The van der Waals surface area contributed by atoms with Gasteiger partial charge in [-0.1, -0.05) is 11.3 Å². The Kier molecular flexibility index (Phi) is 6.06. The van der Waals surface area contributed by atoms with Crippen LogP contribution in [0.25, 0.3) is 0 Å². The molecular formula is C22H31N5O3. The minimum Gasteiger partial charge on any atom is -0.379 e. The molecule has 1 saturated heterocycles. The van der Waals surface area contributed by atoms with E-state index in [2.05, 4.69) is 10.3 Å². The molecule has 1 aromatic carbocycles. The summed E-state index contributed by atoms with van der Waals surface area (Å²) < 4.78 is 12.9. The number of fused-ring (bicyclic) bond motifs is 1. The second-order valence-electron chi connectivity index (χ2n) is 8.61. The Hall–Kier alpha value is -2.45. The van der Waals surface area contributed by atoms with Crippen LogP contribution in [0.4, 0.5) is 5.69 Å². The number of amides is 1. The summed E-state index contributed by atoms with van der Waals surface area (Å²) in [5.74, 6) is 1.01. The lowest BCUT2D eigenvalue weighted by Gasteiger charge is -2.36. The Labute approximate surface area is 177 Å². The first-order chi connectivity index (χ1) is 14.5. The van der Waals surface area contributed by atoms with E-state index in [0.717, 1.165) is 42.9 Å². The normalized spacial score (nSPS) is 25.9. The first-order valence-corrected chi connectivity index (χ1v) is 10.5. The number of anilines is 1. The van der Waals surface area contributed by atoms with Gasteiger partial charge in [0.15, 0.2) is 0 Å². The quantitative estimate of drug-likeness (QED) is 0.723. The Morgan fingerprint density at radius 3 is 2.67 bits per heavy atom. The number of hydrogen-bond acceptors (Lipinski definition) is 6. The van der Waals surface area contributed by atoms with Gasteiger partial charge in [-0.2, -0.15) is 0 Å². The van der Waals surface area contributed by atoms with Crippen LogP contribution in [0.15, 0.2) is 30.5 Å². The molecule has 0 radical (unpaired) electrons. The fourth-order valence-electron chi connectivity index (χ4n) is 4.88. The van der Waals surface area contributed by atoms with Crippen molar-refractivity contribution in [3.05, 3.63) is 41.7 Å². The summed E-state index contributed by atoms with van der Waals surface area (Å²) in [5.41, 5.74) is 2.61. The van der Waals surface area contributed by atoms with Gasteiger partial charge >= 0.3 is 0 Å². The highest BCUT2D eigenvalue weighted by molar-refractivity contribution is 5.95. The van der Waals surface area contributed by atoms with Gasteiger partial charge in [-0.05, 0) is 42.9 Å². The van der Waals surface area contributed by atoms with Gasteiger partial charge in [0.05, 0.1) is 24.9 Å². The van der Waals surface area contributed by atoms with E-state index in [9.17, 15) is 4.79 Å². The maximum absolute atomic E-state index is 13.2. The fourth-order valence-corrected chi connectivity index (χ4v) is 4.88. The van der Waals surface area contributed by atoms with Gasteiger partial charge in [0, 0.05) is 52.7 Å². The standard InChI is InChI=1S/C22H31N5O3/c1-25(2)19-7-5-6-15(8-19)22(28)26-11-16-9-20(21(30-4)10-17(16)12-26)27-13-18(14-29-3)23-24-27/h5-8,13,16-17,20-21H,9-12,14H2,1-4H3/t16-,17+,20-,21-/m1/s1. The highest BCUT2D eigenvalue weighted by Gasteiger charge is 2.44. The lowest BCUT2D eigenvalue weighted by atomic mass is 9.77. The van der Waals surface area contributed by atoms with Gasteiger partial charge in [-0.3, -0.25) is 4.79 Å². The van der Waals surface area contributed by atoms with E-state index in [1.54, 1.807) is 14.2 Å². The van der Waals surface area contributed by atoms with E-state index in [4.69, 9.17) is 9.47 Å². The molecule has 0 bridgehead atoms. The van der Waals surface area contributed by atoms with E-state index in [-0.39, 0.29) is 18.1 Å². The number of nitrogens with zero attached hydrogens (tertiary/aromatic N) is 5. The molecule has 4 rings (SSSR count). The minimum atomic E-state index is 0.0652. The molecule has 2 aromatic rings. The topological polar surface area (TPSA) is 72.7 Å². The van der Waals surface area contributed by atoms with Gasteiger partial charge in [0.2, 0.25) is 0 Å². The zero-order chi connectivity index (χ0) is 21.3. The number of ether oxygens (including phenoxy) is 2. The number of carbonyl (C=O) groups is 1. The van der Waals surface area contributed by atoms with E-state index < -0.39 is 0 Å². The molecule has 0 spiro atoms. The van der Waals surface area contributed by atoms with Crippen LogP contribution in [0, 0.1) is 11.8 Å². The molecule has 8 nitrogen and oxygen atoms in total. The molecule has 1 amide bonds. The first kappa shape index (κ1) is 20.8. The maximum Gasteiger partial charge on any atom is 0.253 e. The summed E-state index contributed by atoms with van der Waals surface area (Å²) in [6.45, 7) is 2.02. The van der Waals surface area contributed by atoms with E-state index in [0.29, 0.717) is 18.4 Å². The van der Waals surface area contributed by atoms with Gasteiger partial charge in [0.25, 0.3) is 5.91 Å². The Morgan fingerprint density at radius 2 is 1.97 bits per heavy atom. The fraction of sp³-hybridized carbons (Fsp3) is 0.591. The van der Waals surface area contributed by atoms with Crippen molar-refractivity contribution in [2.75, 3.05) is 46.3 Å². The van der Waals surface area contributed by atoms with Gasteiger partial charge in [-0.25, -0.2) is 4.68 Å². The highest BCUT2D eigenvalue weighted by Crippen LogP contribution is 2.42. The van der Waals surface area contributed by atoms with Crippen molar-refractivity contribution in [3.63, 3.8) is 0 Å². The first-order valence-electron chi connectivity index (χ1n) is 10.5. The zero-order valence-electron chi connectivity index (χ0n) is 18.2. The molecule has 1 aliphatic carbocycles. The molecule has 0 N–H and O–H groups in total. The average Bonchev–Trinajstić information content (AvgIpc) is 3.39. The summed E-state index contributed by atoms with van der Waals surface area (Å²) >= 11 is 0. The zero-order valence-corrected chi connectivity index (χ0v) is 18.2. The van der Waals surface area contributed by atoms with E-state index >= 15 is 0 Å². The predicted octanol–water partition coefficient (Wildman–Crippen LogP) is 2.23. The Morgan fingerprint density at radius 1 is 1.20 bits per heavy atom. The second kappa shape index (κ2) is 8.73. The Bertz CT molecular complexity index is 883. The Balaban J connectivity index is 1.48. The molecule has 0 unspecified atom stereocenters. The van der Waals surface area contributed by atoms with Gasteiger partial charge in [-0.15, -0.1) is 5.10 Å². The molecule has 2 aliphatic rings. The lowest BCUT2D eigenvalue weighted by Crippen LogP contribution is -2.37. The van der Waals surface area contributed by atoms with Crippen LogP contribution in [0.3, 0.4) is 0 Å². The molecule has 4 atom stereocenters. The third kappa shape index (κ3) is 4.06. The number of hydrogen-bond donors (Lipinski definition) is 0. The number of carbonyl (C=O) groups excluding carboxylic acids is 1. The van der Waals surface area contributed by atoms with Crippen LogP contribution in [0.5, 0.6) is 0 Å². The van der Waals surface area contributed by atoms with E-state index in [1.807, 2.05) is 59.0 Å². The third-order valence-corrected chi connectivity index (χ3v) is 6.47. The molecule has 1 aromatic heterocycles. The number of likely N-dealkylation sites (tertiary alicyclic amines) is 1. The van der Waals surface area contributed by atoms with Crippen molar-refractivity contribution in [2.45, 2.75) is 31.6 Å². The molecule has 30 heavy (non-hydrogen) atoms. The summed E-state index contributed by atoms with van der Waals surface area (Å²) in [5, 5.41) is 8.52. The van der Waals surface area contributed by atoms with Crippen LogP contribution in [0.1, 0.15) is 34.9 Å². The van der Waals surface area contributed by atoms with Crippen LogP contribution in [-0.2, 0) is 16.1 Å². The monoisotopic (exact) mass is 413 g/mol. The largest absolute Gasteiger partial charge is 0.379 e. The number of rotatable bonds is 6. The summed E-state index contributed by atoms with van der Waals surface area (Å²) in [6.07, 6.45) is 3.87. The smallest absolute Gasteiger partial charge is 0.253 e. The summed E-state index contributed by atoms with van der Waals surface area (Å²) in [6, 6.07) is 7.97. The molecular weight excluding hydrogens is 382 g/mol. The molecule has 2 heterocycles. The van der Waals surface area contributed by atoms with Crippen molar-refractivity contribution >= 4 is 11.6 Å². The van der Waals surface area contributed by atoms with Crippen molar-refractivity contribution in [2.24, 2.45) is 11.8 Å². The van der Waals surface area contributed by atoms with Crippen LogP contribution >= 0.6 is 0 Å². The predicted molar refractivity (Wildman–Crippen MR) is 113 cm³/mol. The van der Waals surface area contributed by atoms with Crippen molar-refractivity contribution < 1.29 is 14.3 Å². The van der Waals surface area contributed by atoms with Crippen molar-refractivity contribution in [1.82, 2.24) is 19.9 Å². The molecule has 2 fully saturated rings. The lowest BCUT2D eigenvalue weighted by molar-refractivity contribution is -0.00548. The molecule has 162 valence electrons. The number of aromatic nitrogens is 3.